The summed E-state index contributed by atoms with van der Waals surface area (Å²) in [5.41, 5.74) is 1.86. The molecular formula is C25H34ClN3O4S. The quantitative estimate of drug-likeness (QED) is 0.414. The molecule has 0 amide bonds. The molecule has 0 unspecified atom stereocenters. The Morgan fingerprint density at radius 3 is 2.21 bits per heavy atom. The number of sulfonamides is 1. The van der Waals surface area contributed by atoms with Gasteiger partial charge in [0, 0.05) is 47.6 Å². The van der Waals surface area contributed by atoms with Gasteiger partial charge in [-0.2, -0.15) is 0 Å². The maximum Gasteiger partial charge on any atom is 0.240 e. The monoisotopic (exact) mass is 507 g/mol. The fraction of sp³-hybridized carbons (Fsp3) is 0.400. The molecule has 1 heterocycles. The molecule has 0 aliphatic rings. The summed E-state index contributed by atoms with van der Waals surface area (Å²) >= 11 is 5.79. The average molecular weight is 508 g/mol. The number of aryl methyl sites for hydroxylation is 1. The zero-order valence-corrected chi connectivity index (χ0v) is 21.6. The minimum atomic E-state index is -3.62. The molecule has 3 rings (SSSR count). The van der Waals surface area contributed by atoms with Crippen LogP contribution in [0.2, 0.25) is 5.02 Å². The van der Waals surface area contributed by atoms with E-state index in [9.17, 15) is 18.3 Å². The molecule has 3 aromatic rings. The summed E-state index contributed by atoms with van der Waals surface area (Å²) in [6.45, 7) is 11.0. The van der Waals surface area contributed by atoms with Crippen LogP contribution < -0.4 is 14.7 Å². The predicted octanol–water partition coefficient (Wildman–Crippen LogP) is 1.89. The molecule has 0 saturated heterocycles. The summed E-state index contributed by atoms with van der Waals surface area (Å²) in [5, 5.41) is 12.2. The van der Waals surface area contributed by atoms with Crippen molar-refractivity contribution in [1.29, 1.82) is 0 Å². The van der Waals surface area contributed by atoms with E-state index in [1.807, 2.05) is 35.0 Å². The standard InChI is InChI=1S/C19H19ClN2O4S.C6H15N/c20-15-5-7-16(8-6-15)27(25,26)21-11-9-14-13-22(12-10-19(23)24)18-4-2-1-3-17(14)18;1-4-7(5-2)6-3/h1-8,13,21H,9-12H2,(H,23,24);4-6H2,1-3H3. The van der Waals surface area contributed by atoms with Crippen molar-refractivity contribution in [3.8, 4) is 0 Å². The maximum atomic E-state index is 12.3. The molecule has 0 saturated carbocycles. The van der Waals surface area contributed by atoms with Gasteiger partial charge in [-0.3, -0.25) is 0 Å². The third-order valence-electron chi connectivity index (χ3n) is 5.74. The van der Waals surface area contributed by atoms with Gasteiger partial charge in [-0.1, -0.05) is 29.8 Å². The Balaban J connectivity index is 0.000000509. The molecule has 9 heteroatoms. The third-order valence-corrected chi connectivity index (χ3v) is 7.47. The number of nitrogens with one attached hydrogen (secondary N) is 2. The molecule has 34 heavy (non-hydrogen) atoms. The Bertz CT molecular complexity index is 1150. The second-order valence-corrected chi connectivity index (χ2v) is 10.1. The van der Waals surface area contributed by atoms with E-state index < -0.39 is 16.0 Å². The largest absolute Gasteiger partial charge is 0.550 e. The summed E-state index contributed by atoms with van der Waals surface area (Å²) < 4.78 is 29.1. The maximum absolute atomic E-state index is 12.3. The van der Waals surface area contributed by atoms with Gasteiger partial charge in [0.1, 0.15) is 0 Å². The fourth-order valence-electron chi connectivity index (χ4n) is 3.69. The average Bonchev–Trinajstić information content (AvgIpc) is 3.17. The Morgan fingerprint density at radius 1 is 1.03 bits per heavy atom. The van der Waals surface area contributed by atoms with Gasteiger partial charge in [0.15, 0.2) is 0 Å². The Labute approximate surface area is 207 Å². The number of carbonyl (C=O) groups is 1. The van der Waals surface area contributed by atoms with Crippen LogP contribution in [0.4, 0.5) is 0 Å². The number of rotatable bonds is 11. The van der Waals surface area contributed by atoms with Gasteiger partial charge in [-0.05, 0) is 63.1 Å². The van der Waals surface area contributed by atoms with E-state index in [0.717, 1.165) is 16.5 Å². The van der Waals surface area contributed by atoms with Crippen LogP contribution in [0.15, 0.2) is 59.6 Å². The minimum absolute atomic E-state index is 0.0820. The second kappa shape index (κ2) is 13.5. The Hall–Kier alpha value is -2.39. The van der Waals surface area contributed by atoms with Gasteiger partial charge in [-0.15, -0.1) is 0 Å². The highest BCUT2D eigenvalue weighted by molar-refractivity contribution is 7.89. The van der Waals surface area contributed by atoms with E-state index in [4.69, 9.17) is 11.6 Å². The lowest BCUT2D eigenvalue weighted by Gasteiger charge is -2.10. The van der Waals surface area contributed by atoms with Gasteiger partial charge in [0.2, 0.25) is 10.0 Å². The van der Waals surface area contributed by atoms with E-state index in [-0.39, 0.29) is 17.9 Å². The van der Waals surface area contributed by atoms with Crippen molar-refractivity contribution in [1.82, 2.24) is 9.29 Å². The molecule has 186 valence electrons. The number of nitrogens with zero attached hydrogens (tertiary/aromatic N) is 1. The predicted molar refractivity (Wildman–Crippen MR) is 134 cm³/mol. The van der Waals surface area contributed by atoms with Crippen molar-refractivity contribution >= 4 is 38.5 Å². The summed E-state index contributed by atoms with van der Waals surface area (Å²) in [7, 11) is -3.62. The van der Waals surface area contributed by atoms with Crippen molar-refractivity contribution in [2.45, 2.75) is 45.1 Å². The number of halogens is 1. The van der Waals surface area contributed by atoms with Crippen LogP contribution in [-0.2, 0) is 27.8 Å². The molecule has 0 bridgehead atoms. The van der Waals surface area contributed by atoms with Crippen molar-refractivity contribution in [3.05, 3.63) is 65.3 Å². The van der Waals surface area contributed by atoms with Gasteiger partial charge in [0.25, 0.3) is 0 Å². The molecule has 2 aromatic carbocycles. The normalized spacial score (nSPS) is 11.4. The van der Waals surface area contributed by atoms with E-state index >= 15 is 0 Å². The molecule has 0 radical (unpaired) electrons. The van der Waals surface area contributed by atoms with Crippen LogP contribution in [0, 0.1) is 0 Å². The van der Waals surface area contributed by atoms with E-state index in [0.29, 0.717) is 18.0 Å². The van der Waals surface area contributed by atoms with Crippen molar-refractivity contribution < 1.29 is 23.2 Å². The molecule has 0 atom stereocenters. The molecule has 7 nitrogen and oxygen atoms in total. The first-order chi connectivity index (χ1) is 16.2. The number of aliphatic carboxylic acids is 1. The lowest BCUT2D eigenvalue weighted by atomic mass is 10.1. The van der Waals surface area contributed by atoms with Gasteiger partial charge in [0.05, 0.1) is 24.5 Å². The van der Waals surface area contributed by atoms with E-state index in [1.54, 1.807) is 4.90 Å². The van der Waals surface area contributed by atoms with Crippen LogP contribution in [-0.4, -0.2) is 45.1 Å². The first-order valence-corrected chi connectivity index (χ1v) is 13.4. The molecular weight excluding hydrogens is 474 g/mol. The number of para-hydroxylation sites is 1. The number of fused-ring (bicyclic) bond motifs is 1. The zero-order valence-electron chi connectivity index (χ0n) is 20.0. The minimum Gasteiger partial charge on any atom is -0.550 e. The molecule has 0 aliphatic heterocycles. The highest BCUT2D eigenvalue weighted by Gasteiger charge is 2.14. The highest BCUT2D eigenvalue weighted by atomic mass is 35.5. The smallest absolute Gasteiger partial charge is 0.240 e. The number of carboxylic acids is 1. The van der Waals surface area contributed by atoms with Gasteiger partial charge >= 0.3 is 0 Å². The summed E-state index contributed by atoms with van der Waals surface area (Å²) in [6.07, 6.45) is 2.26. The highest BCUT2D eigenvalue weighted by Crippen LogP contribution is 2.22. The molecule has 2 N–H and O–H groups in total. The summed E-state index contributed by atoms with van der Waals surface area (Å²) in [5.74, 6) is -1.11. The second-order valence-electron chi connectivity index (χ2n) is 7.90. The zero-order chi connectivity index (χ0) is 25.1. The number of quaternary nitrogens is 1. The van der Waals surface area contributed by atoms with Crippen molar-refractivity contribution in [2.75, 3.05) is 26.2 Å². The number of carboxylic acid groups (broad SMARTS) is 1. The van der Waals surface area contributed by atoms with Crippen LogP contribution >= 0.6 is 11.6 Å². The van der Waals surface area contributed by atoms with Crippen molar-refractivity contribution in [2.24, 2.45) is 0 Å². The fourth-order valence-corrected chi connectivity index (χ4v) is 4.84. The first-order valence-electron chi connectivity index (χ1n) is 11.6. The van der Waals surface area contributed by atoms with E-state index in [2.05, 4.69) is 25.5 Å². The third kappa shape index (κ3) is 8.13. The summed E-state index contributed by atoms with van der Waals surface area (Å²) in [6, 6.07) is 13.6. The van der Waals surface area contributed by atoms with Gasteiger partial charge in [-0.25, -0.2) is 13.1 Å². The lowest BCUT2D eigenvalue weighted by molar-refractivity contribution is -0.894. The molecule has 0 aliphatic carbocycles. The first kappa shape index (κ1) is 27.9. The number of carbonyl (C=O) groups excluding carboxylic acids is 1. The number of hydrogen-bond acceptors (Lipinski definition) is 4. The van der Waals surface area contributed by atoms with Crippen molar-refractivity contribution in [3.63, 3.8) is 0 Å². The molecule has 1 aromatic heterocycles. The van der Waals surface area contributed by atoms with Crippen LogP contribution in [0.5, 0.6) is 0 Å². The Morgan fingerprint density at radius 2 is 1.65 bits per heavy atom. The van der Waals surface area contributed by atoms with Crippen LogP contribution in [0.1, 0.15) is 32.8 Å². The number of hydrogen-bond donors (Lipinski definition) is 2. The lowest BCUT2D eigenvalue weighted by Crippen LogP contribution is -3.11. The van der Waals surface area contributed by atoms with E-state index in [1.165, 1.54) is 43.9 Å². The topological polar surface area (TPSA) is 95.7 Å². The molecule has 0 fully saturated rings. The molecule has 0 spiro atoms. The summed E-state index contributed by atoms with van der Waals surface area (Å²) in [4.78, 5) is 12.6. The number of aromatic nitrogens is 1. The Kier molecular flexibility index (Phi) is 11.0. The van der Waals surface area contributed by atoms with Crippen LogP contribution in [0.25, 0.3) is 10.9 Å². The van der Waals surface area contributed by atoms with Gasteiger partial charge < -0.3 is 19.4 Å². The van der Waals surface area contributed by atoms with Crippen LogP contribution in [0.3, 0.4) is 0 Å². The SMILES string of the molecule is CC[NH+](CC)CC.O=C([O-])CCn1cc(CCNS(=O)(=O)c2ccc(Cl)cc2)c2ccccc21. The number of benzene rings is 2.